The Bertz CT molecular complexity index is 428. The first-order valence-electron chi connectivity index (χ1n) is 7.49. The van der Waals surface area contributed by atoms with Gasteiger partial charge in [-0.2, -0.15) is 16.7 Å². The van der Waals surface area contributed by atoms with E-state index in [2.05, 4.69) is 28.5 Å². The van der Waals surface area contributed by atoms with Crippen LogP contribution in [0.1, 0.15) is 44.7 Å². The minimum absolute atomic E-state index is 0.488. The van der Waals surface area contributed by atoms with Crippen molar-refractivity contribution in [2.75, 3.05) is 18.2 Å². The van der Waals surface area contributed by atoms with Crippen molar-refractivity contribution in [3.8, 4) is 5.88 Å². The number of nitrogens with zero attached hydrogens (tertiary/aromatic N) is 2. The summed E-state index contributed by atoms with van der Waals surface area (Å²) in [6.07, 6.45) is 8.22. The second-order valence-corrected chi connectivity index (χ2v) is 6.52. The lowest BCUT2D eigenvalue weighted by molar-refractivity contribution is 0.304. The van der Waals surface area contributed by atoms with Gasteiger partial charge in [-0.25, -0.2) is 4.98 Å². The Morgan fingerprint density at radius 1 is 1.40 bits per heavy atom. The molecule has 112 valence electrons. The van der Waals surface area contributed by atoms with Crippen molar-refractivity contribution in [2.24, 2.45) is 0 Å². The van der Waals surface area contributed by atoms with Crippen molar-refractivity contribution in [2.45, 2.75) is 57.2 Å². The van der Waals surface area contributed by atoms with E-state index in [1.54, 1.807) is 0 Å². The monoisotopic (exact) mass is 295 g/mol. The molecule has 2 atom stereocenters. The van der Waals surface area contributed by atoms with E-state index >= 15 is 0 Å². The molecule has 0 amide bonds. The SMILES string of the molecule is CCCOc1cc(C)nc(NC2CCCC(SC)C2)n1. The van der Waals surface area contributed by atoms with Crippen LogP contribution in [0.2, 0.25) is 0 Å². The maximum Gasteiger partial charge on any atom is 0.226 e. The minimum atomic E-state index is 0.488. The van der Waals surface area contributed by atoms with E-state index in [4.69, 9.17) is 4.74 Å². The zero-order valence-corrected chi connectivity index (χ0v) is 13.5. The van der Waals surface area contributed by atoms with Gasteiger partial charge in [-0.1, -0.05) is 13.3 Å². The molecule has 1 saturated carbocycles. The summed E-state index contributed by atoms with van der Waals surface area (Å²) in [5.41, 5.74) is 0.950. The first-order chi connectivity index (χ1) is 9.71. The van der Waals surface area contributed by atoms with Gasteiger partial charge in [-0.3, -0.25) is 0 Å². The largest absolute Gasteiger partial charge is 0.478 e. The number of aryl methyl sites for hydroxylation is 1. The van der Waals surface area contributed by atoms with Gasteiger partial charge in [0.15, 0.2) is 0 Å². The molecular formula is C15H25N3OS. The van der Waals surface area contributed by atoms with E-state index < -0.39 is 0 Å². The lowest BCUT2D eigenvalue weighted by Gasteiger charge is -2.28. The molecule has 0 bridgehead atoms. The highest BCUT2D eigenvalue weighted by molar-refractivity contribution is 7.99. The number of hydrogen-bond acceptors (Lipinski definition) is 5. The predicted molar refractivity (Wildman–Crippen MR) is 85.7 cm³/mol. The van der Waals surface area contributed by atoms with Crippen LogP contribution in [-0.2, 0) is 0 Å². The van der Waals surface area contributed by atoms with Crippen molar-refractivity contribution >= 4 is 17.7 Å². The summed E-state index contributed by atoms with van der Waals surface area (Å²) < 4.78 is 5.61. The van der Waals surface area contributed by atoms with Crippen LogP contribution in [0.3, 0.4) is 0 Å². The third-order valence-electron chi connectivity index (χ3n) is 3.58. The molecule has 1 fully saturated rings. The molecule has 0 saturated heterocycles. The van der Waals surface area contributed by atoms with Crippen LogP contribution in [0, 0.1) is 6.92 Å². The molecule has 0 radical (unpaired) electrons. The van der Waals surface area contributed by atoms with Crippen LogP contribution in [0.25, 0.3) is 0 Å². The maximum absolute atomic E-state index is 5.61. The minimum Gasteiger partial charge on any atom is -0.478 e. The normalized spacial score (nSPS) is 22.6. The molecule has 2 rings (SSSR count). The average Bonchev–Trinajstić information content (AvgIpc) is 2.44. The number of rotatable bonds is 6. The summed E-state index contributed by atoms with van der Waals surface area (Å²) in [6, 6.07) is 2.38. The molecule has 20 heavy (non-hydrogen) atoms. The molecule has 4 nitrogen and oxygen atoms in total. The molecule has 2 unspecified atom stereocenters. The Morgan fingerprint density at radius 2 is 2.25 bits per heavy atom. The van der Waals surface area contributed by atoms with Crippen LogP contribution < -0.4 is 10.1 Å². The lowest BCUT2D eigenvalue weighted by Crippen LogP contribution is -2.29. The topological polar surface area (TPSA) is 47.0 Å². The van der Waals surface area contributed by atoms with Crippen molar-refractivity contribution in [1.29, 1.82) is 0 Å². The average molecular weight is 295 g/mol. The fourth-order valence-electron chi connectivity index (χ4n) is 2.56. The molecule has 5 heteroatoms. The quantitative estimate of drug-likeness (QED) is 0.868. The van der Waals surface area contributed by atoms with E-state index in [-0.39, 0.29) is 0 Å². The number of thioether (sulfide) groups is 1. The van der Waals surface area contributed by atoms with Crippen LogP contribution >= 0.6 is 11.8 Å². The molecule has 1 aromatic heterocycles. The predicted octanol–water partition coefficient (Wildman–Crippen LogP) is 3.66. The smallest absolute Gasteiger partial charge is 0.226 e. The van der Waals surface area contributed by atoms with Gasteiger partial charge < -0.3 is 10.1 Å². The second-order valence-electron chi connectivity index (χ2n) is 5.39. The molecular weight excluding hydrogens is 270 g/mol. The van der Waals surface area contributed by atoms with Crippen molar-refractivity contribution in [1.82, 2.24) is 9.97 Å². The van der Waals surface area contributed by atoms with Crippen molar-refractivity contribution in [3.05, 3.63) is 11.8 Å². The molecule has 0 aromatic carbocycles. The van der Waals surface area contributed by atoms with Gasteiger partial charge in [0.2, 0.25) is 11.8 Å². The van der Waals surface area contributed by atoms with E-state index in [0.29, 0.717) is 24.5 Å². The maximum atomic E-state index is 5.61. The Morgan fingerprint density at radius 3 is 3.00 bits per heavy atom. The number of hydrogen-bond donors (Lipinski definition) is 1. The van der Waals surface area contributed by atoms with Crippen LogP contribution in [0.5, 0.6) is 5.88 Å². The highest BCUT2D eigenvalue weighted by Gasteiger charge is 2.21. The zero-order valence-electron chi connectivity index (χ0n) is 12.7. The standard InChI is InChI=1S/C15H25N3OS/c1-4-8-19-14-9-11(2)16-15(18-14)17-12-6-5-7-13(10-12)20-3/h9,12-13H,4-8,10H2,1-3H3,(H,16,17,18). The molecule has 0 spiro atoms. The van der Waals surface area contributed by atoms with E-state index in [0.717, 1.165) is 17.4 Å². The number of nitrogens with one attached hydrogen (secondary N) is 1. The molecule has 1 heterocycles. The summed E-state index contributed by atoms with van der Waals surface area (Å²) in [5.74, 6) is 1.39. The molecule has 1 N–H and O–H groups in total. The van der Waals surface area contributed by atoms with Gasteiger partial charge in [0.25, 0.3) is 0 Å². The summed E-state index contributed by atoms with van der Waals surface area (Å²) >= 11 is 1.97. The Labute approximate surface area is 126 Å². The van der Waals surface area contributed by atoms with E-state index in [1.165, 1.54) is 25.7 Å². The Balaban J connectivity index is 1.99. The highest BCUT2D eigenvalue weighted by atomic mass is 32.2. The van der Waals surface area contributed by atoms with Gasteiger partial charge in [0, 0.05) is 23.1 Å². The van der Waals surface area contributed by atoms with Crippen molar-refractivity contribution in [3.63, 3.8) is 0 Å². The van der Waals surface area contributed by atoms with Gasteiger partial charge in [0.05, 0.1) is 6.61 Å². The van der Waals surface area contributed by atoms with Gasteiger partial charge in [-0.05, 0) is 38.9 Å². The number of anilines is 1. The third-order valence-corrected chi connectivity index (χ3v) is 4.67. The Kier molecular flexibility index (Phi) is 5.95. The van der Waals surface area contributed by atoms with Gasteiger partial charge in [0.1, 0.15) is 0 Å². The fourth-order valence-corrected chi connectivity index (χ4v) is 3.38. The second kappa shape index (κ2) is 7.72. The van der Waals surface area contributed by atoms with Crippen molar-refractivity contribution < 1.29 is 4.74 Å². The first-order valence-corrected chi connectivity index (χ1v) is 8.78. The van der Waals surface area contributed by atoms with Gasteiger partial charge in [-0.15, -0.1) is 0 Å². The summed E-state index contributed by atoms with van der Waals surface area (Å²) in [5, 5.41) is 4.25. The fraction of sp³-hybridized carbons (Fsp3) is 0.733. The number of ether oxygens (including phenoxy) is 1. The molecule has 1 aliphatic rings. The summed E-state index contributed by atoms with van der Waals surface area (Å²) in [6.45, 7) is 4.78. The zero-order chi connectivity index (χ0) is 14.4. The van der Waals surface area contributed by atoms with Crippen LogP contribution in [0.15, 0.2) is 6.07 Å². The molecule has 1 aromatic rings. The molecule has 0 aliphatic heterocycles. The first kappa shape index (κ1) is 15.4. The number of aromatic nitrogens is 2. The van der Waals surface area contributed by atoms with Gasteiger partial charge >= 0.3 is 0 Å². The summed E-state index contributed by atoms with van der Waals surface area (Å²) in [7, 11) is 0. The highest BCUT2D eigenvalue weighted by Crippen LogP contribution is 2.28. The third kappa shape index (κ3) is 4.54. The summed E-state index contributed by atoms with van der Waals surface area (Å²) in [4.78, 5) is 8.94. The van der Waals surface area contributed by atoms with E-state index in [9.17, 15) is 0 Å². The van der Waals surface area contributed by atoms with Crippen LogP contribution in [-0.4, -0.2) is 34.1 Å². The lowest BCUT2D eigenvalue weighted by atomic mass is 9.95. The van der Waals surface area contributed by atoms with E-state index in [1.807, 2.05) is 24.8 Å². The van der Waals surface area contributed by atoms with Crippen LogP contribution in [0.4, 0.5) is 5.95 Å². The molecule has 1 aliphatic carbocycles. The Hall–Kier alpha value is -0.970.